The van der Waals surface area contributed by atoms with Crippen LogP contribution in [0.4, 0.5) is 0 Å². The molecule has 3 nitrogen and oxygen atoms in total. The number of nitrogens with zero attached hydrogens (tertiary/aromatic N) is 2. The molecule has 2 aromatic carbocycles. The average molecular weight is 375 g/mol. The quantitative estimate of drug-likeness (QED) is 0.809. The van der Waals surface area contributed by atoms with E-state index in [-0.39, 0.29) is 6.04 Å². The first kappa shape index (κ1) is 16.5. The van der Waals surface area contributed by atoms with Gasteiger partial charge < -0.3 is 9.64 Å². The Bertz CT molecular complexity index is 645. The molecule has 0 aliphatic carbocycles. The largest absolute Gasteiger partial charge is 0.492 e. The van der Waals surface area contributed by atoms with Crippen LogP contribution in [-0.4, -0.2) is 50.1 Å². The Morgan fingerprint density at radius 1 is 1.17 bits per heavy atom. The molecule has 1 aliphatic heterocycles. The number of benzene rings is 2. The van der Waals surface area contributed by atoms with E-state index in [1.165, 1.54) is 11.1 Å². The van der Waals surface area contributed by atoms with E-state index in [1.54, 1.807) is 0 Å². The summed E-state index contributed by atoms with van der Waals surface area (Å²) in [6, 6.07) is 17.3. The third-order valence-corrected chi connectivity index (χ3v) is 4.71. The Kier molecular flexibility index (Phi) is 5.36. The summed E-state index contributed by atoms with van der Waals surface area (Å²) in [6.07, 6.45) is 0. The van der Waals surface area contributed by atoms with E-state index in [0.29, 0.717) is 0 Å². The van der Waals surface area contributed by atoms with Crippen LogP contribution >= 0.6 is 15.9 Å². The van der Waals surface area contributed by atoms with Crippen molar-refractivity contribution in [2.45, 2.75) is 6.04 Å². The molecular weight excluding hydrogens is 352 g/mol. The summed E-state index contributed by atoms with van der Waals surface area (Å²) in [6.45, 7) is 3.71. The van der Waals surface area contributed by atoms with E-state index in [0.717, 1.165) is 36.5 Å². The van der Waals surface area contributed by atoms with E-state index in [1.807, 2.05) is 0 Å². The smallest absolute Gasteiger partial charge is 0.124 e. The van der Waals surface area contributed by atoms with Crippen LogP contribution < -0.4 is 4.74 Å². The van der Waals surface area contributed by atoms with Crippen LogP contribution in [-0.2, 0) is 0 Å². The number of rotatable bonds is 4. The summed E-state index contributed by atoms with van der Waals surface area (Å²) in [4.78, 5) is 4.75. The molecule has 0 saturated heterocycles. The Balaban J connectivity index is 2.03. The van der Waals surface area contributed by atoms with Gasteiger partial charge in [-0.2, -0.15) is 0 Å². The Hall–Kier alpha value is -1.36. The van der Waals surface area contributed by atoms with Gasteiger partial charge in [0, 0.05) is 29.7 Å². The molecule has 1 unspecified atom stereocenters. The molecule has 1 atom stereocenters. The van der Waals surface area contributed by atoms with E-state index in [9.17, 15) is 0 Å². The van der Waals surface area contributed by atoms with Gasteiger partial charge in [-0.1, -0.05) is 46.3 Å². The molecule has 23 heavy (non-hydrogen) atoms. The summed E-state index contributed by atoms with van der Waals surface area (Å²) in [7, 11) is 4.24. The van der Waals surface area contributed by atoms with Gasteiger partial charge in [0.05, 0.1) is 6.04 Å². The summed E-state index contributed by atoms with van der Waals surface area (Å²) in [5.41, 5.74) is 2.55. The van der Waals surface area contributed by atoms with Gasteiger partial charge >= 0.3 is 0 Å². The van der Waals surface area contributed by atoms with E-state index in [4.69, 9.17) is 4.74 Å². The van der Waals surface area contributed by atoms with Crippen LogP contribution in [0, 0.1) is 0 Å². The van der Waals surface area contributed by atoms with Crippen LogP contribution in [0.15, 0.2) is 53.0 Å². The van der Waals surface area contributed by atoms with Gasteiger partial charge in [-0.05, 0) is 37.9 Å². The minimum atomic E-state index is 0.228. The van der Waals surface area contributed by atoms with Gasteiger partial charge in [0.25, 0.3) is 0 Å². The normalized spacial score (nSPS) is 18.3. The van der Waals surface area contributed by atoms with Crippen molar-refractivity contribution >= 4 is 15.9 Å². The maximum Gasteiger partial charge on any atom is 0.124 e. The molecular formula is C19H23BrN2O. The zero-order valence-electron chi connectivity index (χ0n) is 13.7. The maximum absolute atomic E-state index is 6.02. The molecule has 0 radical (unpaired) electrons. The Labute approximate surface area is 147 Å². The van der Waals surface area contributed by atoms with Crippen molar-refractivity contribution in [2.24, 2.45) is 0 Å². The van der Waals surface area contributed by atoms with Gasteiger partial charge in [0.2, 0.25) is 0 Å². The topological polar surface area (TPSA) is 15.7 Å². The molecule has 0 N–H and O–H groups in total. The molecule has 0 bridgehead atoms. The van der Waals surface area contributed by atoms with E-state index < -0.39 is 0 Å². The van der Waals surface area contributed by atoms with Crippen LogP contribution in [0.1, 0.15) is 17.2 Å². The highest BCUT2D eigenvalue weighted by molar-refractivity contribution is 9.10. The molecule has 122 valence electrons. The fourth-order valence-corrected chi connectivity index (χ4v) is 3.44. The molecule has 4 heteroatoms. The Morgan fingerprint density at radius 2 is 1.96 bits per heavy atom. The SMILES string of the molecule is CN(C)CCN1CCOc2ccc(Br)cc2C1c1ccccc1. The highest BCUT2D eigenvalue weighted by atomic mass is 79.9. The fraction of sp³-hybridized carbons (Fsp3) is 0.368. The first-order chi connectivity index (χ1) is 11.1. The van der Waals surface area contributed by atoms with Crippen molar-refractivity contribution in [1.29, 1.82) is 0 Å². The number of halogens is 1. The third kappa shape index (κ3) is 3.94. The third-order valence-electron chi connectivity index (χ3n) is 4.22. The zero-order valence-corrected chi connectivity index (χ0v) is 15.3. The lowest BCUT2D eigenvalue weighted by Crippen LogP contribution is -2.36. The summed E-state index contributed by atoms with van der Waals surface area (Å²) in [5.74, 6) is 0.995. The number of fused-ring (bicyclic) bond motifs is 1. The highest BCUT2D eigenvalue weighted by Crippen LogP contribution is 2.38. The zero-order chi connectivity index (χ0) is 16.2. The van der Waals surface area contributed by atoms with Gasteiger partial charge in [0.1, 0.15) is 12.4 Å². The Morgan fingerprint density at radius 3 is 2.70 bits per heavy atom. The number of ether oxygens (including phenoxy) is 1. The minimum Gasteiger partial charge on any atom is -0.492 e. The molecule has 2 aromatic rings. The molecule has 0 amide bonds. The molecule has 1 heterocycles. The molecule has 0 fully saturated rings. The second-order valence-electron chi connectivity index (χ2n) is 6.18. The summed E-state index contributed by atoms with van der Waals surface area (Å²) < 4.78 is 7.11. The van der Waals surface area contributed by atoms with Gasteiger partial charge in [0.15, 0.2) is 0 Å². The highest BCUT2D eigenvalue weighted by Gasteiger charge is 2.28. The van der Waals surface area contributed by atoms with Crippen LogP contribution in [0.5, 0.6) is 5.75 Å². The van der Waals surface area contributed by atoms with Crippen molar-refractivity contribution in [1.82, 2.24) is 9.80 Å². The van der Waals surface area contributed by atoms with Gasteiger partial charge in [-0.3, -0.25) is 4.90 Å². The molecule has 1 aliphatic rings. The van der Waals surface area contributed by atoms with Crippen molar-refractivity contribution in [3.63, 3.8) is 0 Å². The predicted molar refractivity (Wildman–Crippen MR) is 98.0 cm³/mol. The lowest BCUT2D eigenvalue weighted by Gasteiger charge is -2.31. The maximum atomic E-state index is 6.02. The van der Waals surface area contributed by atoms with Crippen molar-refractivity contribution in [3.8, 4) is 5.75 Å². The lowest BCUT2D eigenvalue weighted by molar-refractivity contribution is 0.185. The van der Waals surface area contributed by atoms with E-state index >= 15 is 0 Å². The average Bonchev–Trinajstić information content (AvgIpc) is 2.72. The molecule has 0 saturated carbocycles. The van der Waals surface area contributed by atoms with Crippen LogP contribution in [0.3, 0.4) is 0 Å². The van der Waals surface area contributed by atoms with Crippen molar-refractivity contribution < 1.29 is 4.74 Å². The lowest BCUT2D eigenvalue weighted by atomic mass is 9.96. The summed E-state index contributed by atoms with van der Waals surface area (Å²) in [5, 5.41) is 0. The van der Waals surface area contributed by atoms with E-state index in [2.05, 4.69) is 88.4 Å². The molecule has 0 aromatic heterocycles. The molecule has 0 spiro atoms. The predicted octanol–water partition coefficient (Wildman–Crippen LogP) is 3.79. The monoisotopic (exact) mass is 374 g/mol. The second-order valence-corrected chi connectivity index (χ2v) is 7.10. The van der Waals surface area contributed by atoms with Crippen LogP contribution in [0.25, 0.3) is 0 Å². The molecule has 3 rings (SSSR count). The van der Waals surface area contributed by atoms with Gasteiger partial charge in [-0.15, -0.1) is 0 Å². The number of hydrogen-bond acceptors (Lipinski definition) is 3. The van der Waals surface area contributed by atoms with Crippen molar-refractivity contribution in [3.05, 3.63) is 64.1 Å². The van der Waals surface area contributed by atoms with Crippen LogP contribution in [0.2, 0.25) is 0 Å². The standard InChI is InChI=1S/C19H23BrN2O/c1-21(2)10-11-22-12-13-23-18-9-8-16(20)14-17(18)19(22)15-6-4-3-5-7-15/h3-9,14,19H,10-13H2,1-2H3. The number of likely N-dealkylation sites (N-methyl/N-ethyl adjacent to an activating group) is 1. The fourth-order valence-electron chi connectivity index (χ4n) is 3.06. The first-order valence-corrected chi connectivity index (χ1v) is 8.80. The van der Waals surface area contributed by atoms with Crippen molar-refractivity contribution in [2.75, 3.05) is 40.3 Å². The summed E-state index contributed by atoms with van der Waals surface area (Å²) >= 11 is 3.62. The number of hydrogen-bond donors (Lipinski definition) is 0. The second kappa shape index (κ2) is 7.47. The minimum absolute atomic E-state index is 0.228. The van der Waals surface area contributed by atoms with Gasteiger partial charge in [-0.25, -0.2) is 0 Å². The first-order valence-electron chi connectivity index (χ1n) is 8.01.